The SMILES string of the molecule is C1CCNCC1.C=CS(=O)(=O)N1CCCCC1.O=C1N(CCS(=O)(=O)N2CCCCC2)C[C@H](c2cccc(C(F)(F)F)c2)N1c1ccc(Cl)cc1.O=C1NC[C@H](c2cccc(C(F)(F)F)c2)N1c1ccc(Cl)cc1.O=S(=O)(Cl)CCCl. The molecule has 81 heavy (non-hydrogen) atoms. The van der Waals surface area contributed by atoms with Crippen LogP contribution in [0.25, 0.3) is 0 Å². The standard InChI is InChI=1S/C23H25ClF3N3O3S.C16H12ClF3N2O.C7H13NO2S.C5H11N.C2H4Cl2O2S/c24-19-7-9-20(10-8-19)30-21(17-5-4-6-18(15-17)23(25,26)27)16-28(22(30)31)13-14-34(32,33)29-11-2-1-3-12-29;17-12-4-6-13(7-5-12)22-14(9-21-15(22)23)10-2-1-3-11(8-10)16(18,19)20;1-2-11(9,10)8-6-4-3-5-7-8;1-2-4-6-5-3-1;3-1-2-7(4,5)6/h4-10,15,21H,1-3,11-14,16H2;1-8,14H,9H2,(H,21,23);2H,1,3-7H2;6H,1-5H2;1-2H2/t21-;14-;;;/m11.../s1. The zero-order valence-electron chi connectivity index (χ0n) is 44.0. The minimum atomic E-state index is -4.52. The van der Waals surface area contributed by atoms with Gasteiger partial charge in [0.2, 0.25) is 29.1 Å². The van der Waals surface area contributed by atoms with Gasteiger partial charge in [0.05, 0.1) is 34.7 Å². The van der Waals surface area contributed by atoms with Gasteiger partial charge >= 0.3 is 24.4 Å². The van der Waals surface area contributed by atoms with Crippen LogP contribution in [-0.4, -0.2) is 127 Å². The number of carbonyl (C=O) groups excluding carboxylic acids is 2. The van der Waals surface area contributed by atoms with Crippen LogP contribution in [0.5, 0.6) is 0 Å². The van der Waals surface area contributed by atoms with Gasteiger partial charge in [-0.15, -0.1) is 11.6 Å². The third-order valence-corrected chi connectivity index (χ3v) is 18.7. The first-order valence-corrected chi connectivity index (χ1v) is 32.8. The first-order chi connectivity index (χ1) is 38.1. The van der Waals surface area contributed by atoms with Crippen LogP contribution in [0.3, 0.4) is 0 Å². The van der Waals surface area contributed by atoms with Crippen LogP contribution in [0, 0.1) is 0 Å². The number of amides is 4. The average Bonchev–Trinajstić information content (AvgIpc) is 4.22. The summed E-state index contributed by atoms with van der Waals surface area (Å²) in [5.41, 5.74) is 0.252. The van der Waals surface area contributed by atoms with Crippen molar-refractivity contribution < 1.29 is 61.2 Å². The van der Waals surface area contributed by atoms with Gasteiger partial charge in [0.15, 0.2) is 0 Å². The Balaban J connectivity index is 0.000000218. The summed E-state index contributed by atoms with van der Waals surface area (Å²) in [5.74, 6) is -0.329. The van der Waals surface area contributed by atoms with Gasteiger partial charge in [-0.05, 0) is 136 Å². The van der Waals surface area contributed by atoms with Crippen molar-refractivity contribution in [3.63, 3.8) is 0 Å². The number of benzene rings is 4. The van der Waals surface area contributed by atoms with Crippen LogP contribution < -0.4 is 20.4 Å². The molecule has 28 heteroatoms. The first kappa shape index (κ1) is 67.4. The van der Waals surface area contributed by atoms with Gasteiger partial charge < -0.3 is 15.5 Å². The summed E-state index contributed by atoms with van der Waals surface area (Å²) >= 11 is 16.8. The Morgan fingerprint density at radius 3 is 1.47 bits per heavy atom. The Bertz CT molecular complexity index is 3020. The minimum absolute atomic E-state index is 0.0444. The number of piperidine rings is 3. The van der Waals surface area contributed by atoms with Crippen molar-refractivity contribution in [3.05, 3.63) is 141 Å². The Kier molecular flexibility index (Phi) is 25.8. The van der Waals surface area contributed by atoms with Gasteiger partial charge in [0.1, 0.15) is 0 Å². The maximum Gasteiger partial charge on any atom is 0.416 e. The van der Waals surface area contributed by atoms with E-state index in [4.69, 9.17) is 45.5 Å². The summed E-state index contributed by atoms with van der Waals surface area (Å²) in [4.78, 5) is 29.7. The van der Waals surface area contributed by atoms with Gasteiger partial charge in [0.25, 0.3) is 0 Å². The second kappa shape index (κ2) is 31.0. The molecule has 448 valence electrons. The summed E-state index contributed by atoms with van der Waals surface area (Å²) in [6.45, 7) is 8.31. The number of nitrogens with one attached hydrogen (secondary N) is 2. The van der Waals surface area contributed by atoms with Crippen LogP contribution >= 0.6 is 45.5 Å². The first-order valence-electron chi connectivity index (χ1n) is 25.9. The summed E-state index contributed by atoms with van der Waals surface area (Å²) in [5, 5.41) is 7.94. The van der Waals surface area contributed by atoms with Gasteiger partial charge in [-0.3, -0.25) is 9.80 Å². The summed E-state index contributed by atoms with van der Waals surface area (Å²) < 4.78 is 149. The number of carbonyl (C=O) groups is 2. The highest BCUT2D eigenvalue weighted by atomic mass is 35.7. The van der Waals surface area contributed by atoms with Gasteiger partial charge in [-0.25, -0.2) is 39.1 Å². The lowest BCUT2D eigenvalue weighted by atomic mass is 10.0. The van der Waals surface area contributed by atoms with Crippen LogP contribution in [0.1, 0.15) is 92.1 Å². The topological polar surface area (TPSA) is 177 Å². The fourth-order valence-electron chi connectivity index (χ4n) is 9.12. The monoisotopic (exact) mass is 1280 g/mol. The highest BCUT2D eigenvalue weighted by Gasteiger charge is 2.41. The third kappa shape index (κ3) is 21.0. The molecule has 0 aliphatic carbocycles. The van der Waals surface area contributed by atoms with E-state index in [1.165, 1.54) is 67.8 Å². The molecule has 5 heterocycles. The molecule has 5 fully saturated rings. The van der Waals surface area contributed by atoms with E-state index in [2.05, 4.69) is 17.2 Å². The number of anilines is 2. The molecule has 5 aliphatic rings. The molecule has 9 rings (SSSR count). The molecule has 0 saturated carbocycles. The third-order valence-electron chi connectivity index (χ3n) is 13.3. The van der Waals surface area contributed by atoms with Crippen molar-refractivity contribution in [2.75, 3.05) is 86.1 Å². The van der Waals surface area contributed by atoms with Gasteiger partial charge in [-0.1, -0.05) is 73.3 Å². The van der Waals surface area contributed by atoms with Crippen LogP contribution in [-0.2, 0) is 41.5 Å². The maximum absolute atomic E-state index is 13.3. The van der Waals surface area contributed by atoms with Gasteiger partial charge in [0, 0.05) is 89.2 Å². The largest absolute Gasteiger partial charge is 0.416 e. The Morgan fingerprint density at radius 2 is 1.06 bits per heavy atom. The Morgan fingerprint density at radius 1 is 0.605 bits per heavy atom. The lowest BCUT2D eigenvalue weighted by Gasteiger charge is -2.27. The zero-order chi connectivity index (χ0) is 59.6. The Hall–Kier alpha value is -4.37. The van der Waals surface area contributed by atoms with Crippen molar-refractivity contribution in [2.45, 2.75) is 82.2 Å². The lowest BCUT2D eigenvalue weighted by molar-refractivity contribution is -0.138. The van der Waals surface area contributed by atoms with Crippen LogP contribution in [0.4, 0.5) is 47.3 Å². The summed E-state index contributed by atoms with van der Waals surface area (Å²) in [6, 6.07) is 20.9. The molecule has 0 bridgehead atoms. The predicted molar refractivity (Wildman–Crippen MR) is 307 cm³/mol. The number of rotatable bonds is 12. The number of nitrogens with zero attached hydrogens (tertiary/aromatic N) is 5. The van der Waals surface area contributed by atoms with Crippen molar-refractivity contribution >= 4 is 98.0 Å². The van der Waals surface area contributed by atoms with Crippen molar-refractivity contribution in [1.82, 2.24) is 24.1 Å². The molecule has 5 saturated heterocycles. The predicted octanol–water partition coefficient (Wildman–Crippen LogP) is 12.3. The second-order valence-corrected chi connectivity index (χ2v) is 27.2. The highest BCUT2D eigenvalue weighted by Crippen LogP contribution is 2.39. The molecule has 4 aromatic carbocycles. The van der Waals surface area contributed by atoms with E-state index in [0.717, 1.165) is 68.2 Å². The Labute approximate surface area is 490 Å². The molecule has 2 atom stereocenters. The van der Waals surface area contributed by atoms with Crippen LogP contribution in [0.2, 0.25) is 10.0 Å². The number of hydrogen-bond donors (Lipinski definition) is 2. The van der Waals surface area contributed by atoms with Crippen molar-refractivity contribution in [3.8, 4) is 0 Å². The molecule has 2 N–H and O–H groups in total. The van der Waals surface area contributed by atoms with E-state index in [1.807, 2.05) is 0 Å². The number of hydrogen-bond acceptors (Lipinski definition) is 9. The fraction of sp³-hybridized carbons (Fsp3) is 0.472. The number of halogens is 10. The van der Waals surface area contributed by atoms with E-state index in [1.54, 1.807) is 60.7 Å². The van der Waals surface area contributed by atoms with Gasteiger partial charge in [-0.2, -0.15) is 30.6 Å². The summed E-state index contributed by atoms with van der Waals surface area (Å²) in [7, 11) is -5.27. The fourth-order valence-corrected chi connectivity index (χ4v) is 13.1. The van der Waals surface area contributed by atoms with Crippen LogP contribution in [0.15, 0.2) is 109 Å². The lowest BCUT2D eigenvalue weighted by Crippen LogP contribution is -2.41. The van der Waals surface area contributed by atoms with E-state index in [9.17, 15) is 61.2 Å². The number of sulfonamides is 2. The molecule has 4 aromatic rings. The molecule has 0 radical (unpaired) electrons. The zero-order valence-corrected chi connectivity index (χ0v) is 49.5. The highest BCUT2D eigenvalue weighted by molar-refractivity contribution is 8.13. The normalized spacial score (nSPS) is 19.4. The molecule has 5 aliphatic heterocycles. The number of alkyl halides is 7. The molecule has 4 amide bonds. The summed E-state index contributed by atoms with van der Waals surface area (Å²) in [6.07, 6.45) is 0.985. The molecule has 0 unspecified atom stereocenters. The second-order valence-electron chi connectivity index (χ2n) is 19.1. The molecule has 15 nitrogen and oxygen atoms in total. The van der Waals surface area contributed by atoms with E-state index < -0.39 is 70.7 Å². The molecular formula is C53H65Cl4F6N7O8S3. The van der Waals surface area contributed by atoms with E-state index in [0.29, 0.717) is 58.7 Å². The minimum Gasteiger partial charge on any atom is -0.335 e. The quantitative estimate of drug-likeness (QED) is 0.0794. The smallest absolute Gasteiger partial charge is 0.335 e. The molecule has 0 spiro atoms. The maximum atomic E-state index is 13.3. The molecular weight excluding hydrogens is 1210 g/mol. The number of urea groups is 2. The van der Waals surface area contributed by atoms with E-state index in [-0.39, 0.29) is 43.1 Å². The average molecular weight is 1280 g/mol. The van der Waals surface area contributed by atoms with Crippen molar-refractivity contribution in [1.29, 1.82) is 0 Å². The molecule has 0 aromatic heterocycles. The van der Waals surface area contributed by atoms with E-state index >= 15 is 0 Å². The van der Waals surface area contributed by atoms with Crippen molar-refractivity contribution in [2.24, 2.45) is 0 Å².